The number of likely N-dealkylation sites (tertiary alicyclic amines) is 1. The van der Waals surface area contributed by atoms with E-state index in [-0.39, 0.29) is 11.7 Å². The molecule has 0 aliphatic carbocycles. The highest BCUT2D eigenvalue weighted by molar-refractivity contribution is 5.87. The lowest BCUT2D eigenvalue weighted by Gasteiger charge is -2.31. The molecule has 6 heteroatoms. The van der Waals surface area contributed by atoms with Crippen molar-refractivity contribution in [3.8, 4) is 0 Å². The first-order valence-corrected chi connectivity index (χ1v) is 9.80. The third-order valence-electron chi connectivity index (χ3n) is 5.32. The van der Waals surface area contributed by atoms with E-state index < -0.39 is 5.97 Å². The molecule has 5 nitrogen and oxygen atoms in total. The number of nitrogens with zero attached hydrogens (tertiary/aromatic N) is 2. The van der Waals surface area contributed by atoms with Crippen LogP contribution in [0.3, 0.4) is 0 Å². The van der Waals surface area contributed by atoms with Gasteiger partial charge in [-0.1, -0.05) is 24.3 Å². The number of carboxylic acids is 1. The molecule has 1 aliphatic heterocycles. The Labute approximate surface area is 168 Å². The van der Waals surface area contributed by atoms with Gasteiger partial charge in [0, 0.05) is 25.4 Å². The summed E-state index contributed by atoms with van der Waals surface area (Å²) in [5.41, 5.74) is 2.39. The molecule has 1 N–H and O–H groups in total. The number of carbonyl (C=O) groups is 1. The maximum atomic E-state index is 13.1. The Hall–Kier alpha value is -2.99. The number of benzene rings is 2. The van der Waals surface area contributed by atoms with E-state index in [1.165, 1.54) is 12.1 Å². The topological polar surface area (TPSA) is 66.6 Å². The van der Waals surface area contributed by atoms with E-state index in [1.807, 2.05) is 12.1 Å². The van der Waals surface area contributed by atoms with Gasteiger partial charge in [0.15, 0.2) is 5.89 Å². The minimum absolute atomic E-state index is 0.240. The van der Waals surface area contributed by atoms with Gasteiger partial charge >= 0.3 is 5.97 Å². The number of hydrogen-bond acceptors (Lipinski definition) is 4. The smallest absolute Gasteiger partial charge is 0.335 e. The normalized spacial score (nSPS) is 17.3. The van der Waals surface area contributed by atoms with Gasteiger partial charge in [-0.25, -0.2) is 14.2 Å². The van der Waals surface area contributed by atoms with Gasteiger partial charge in [-0.3, -0.25) is 4.90 Å². The zero-order valence-electron chi connectivity index (χ0n) is 16.1. The van der Waals surface area contributed by atoms with Crippen LogP contribution in [0, 0.1) is 5.82 Å². The second-order valence-electron chi connectivity index (χ2n) is 7.54. The van der Waals surface area contributed by atoms with Crippen LogP contribution < -0.4 is 0 Å². The summed E-state index contributed by atoms with van der Waals surface area (Å²) >= 11 is 0. The molecule has 150 valence electrons. The summed E-state index contributed by atoms with van der Waals surface area (Å²) in [5.74, 6) is 0.631. The lowest BCUT2D eigenvalue weighted by molar-refractivity contribution is 0.0697. The average Bonchev–Trinajstić information content (AvgIpc) is 3.19. The summed E-state index contributed by atoms with van der Waals surface area (Å²) in [6, 6.07) is 13.5. The van der Waals surface area contributed by atoms with Crippen molar-refractivity contribution in [3.63, 3.8) is 0 Å². The Bertz CT molecular complexity index is 967. The maximum Gasteiger partial charge on any atom is 0.335 e. The van der Waals surface area contributed by atoms with Crippen molar-refractivity contribution in [1.29, 1.82) is 0 Å². The quantitative estimate of drug-likeness (QED) is 0.668. The average molecular weight is 394 g/mol. The first-order chi connectivity index (χ1) is 14.1. The molecule has 1 atom stereocenters. The molecule has 4 rings (SSSR count). The number of piperidine rings is 1. The molecule has 0 amide bonds. The fourth-order valence-corrected chi connectivity index (χ4v) is 3.81. The monoisotopic (exact) mass is 394 g/mol. The summed E-state index contributed by atoms with van der Waals surface area (Å²) in [5, 5.41) is 9.02. The van der Waals surface area contributed by atoms with Crippen LogP contribution in [-0.2, 0) is 13.0 Å². The highest BCUT2D eigenvalue weighted by atomic mass is 19.1. The second-order valence-corrected chi connectivity index (χ2v) is 7.54. The van der Waals surface area contributed by atoms with Crippen LogP contribution in [-0.4, -0.2) is 34.0 Å². The van der Waals surface area contributed by atoms with Crippen LogP contribution in [0.1, 0.15) is 51.9 Å². The van der Waals surface area contributed by atoms with Crippen molar-refractivity contribution in [1.82, 2.24) is 9.88 Å². The van der Waals surface area contributed by atoms with Gasteiger partial charge in [-0.2, -0.15) is 0 Å². The SMILES string of the molecule is O=C(O)c1ccc(CN2CCC[C@H](c3ncc(Cc4ccc(F)cc4)o3)C2)cc1. The van der Waals surface area contributed by atoms with Gasteiger partial charge in [-0.15, -0.1) is 0 Å². The van der Waals surface area contributed by atoms with Crippen molar-refractivity contribution in [2.45, 2.75) is 31.7 Å². The van der Waals surface area contributed by atoms with Gasteiger partial charge in [0.1, 0.15) is 11.6 Å². The van der Waals surface area contributed by atoms with Crippen LogP contribution >= 0.6 is 0 Å². The minimum Gasteiger partial charge on any atom is -0.478 e. The molecule has 29 heavy (non-hydrogen) atoms. The standard InChI is InChI=1S/C23H23FN2O3/c24-20-9-5-16(6-10-20)12-21-13-25-22(29-21)19-2-1-11-26(15-19)14-17-3-7-18(8-4-17)23(27)28/h3-10,13,19H,1-2,11-12,14-15H2,(H,27,28)/t19-/m0/s1. The van der Waals surface area contributed by atoms with E-state index >= 15 is 0 Å². The molecule has 2 aromatic carbocycles. The van der Waals surface area contributed by atoms with Gasteiger partial charge in [0.05, 0.1) is 11.8 Å². The van der Waals surface area contributed by atoms with Gasteiger partial charge in [0.25, 0.3) is 0 Å². The van der Waals surface area contributed by atoms with Gasteiger partial charge < -0.3 is 9.52 Å². The number of halogens is 1. The Morgan fingerprint density at radius 1 is 1.14 bits per heavy atom. The lowest BCUT2D eigenvalue weighted by Crippen LogP contribution is -2.34. The van der Waals surface area contributed by atoms with E-state index in [1.54, 1.807) is 30.5 Å². The molecule has 2 heterocycles. The first kappa shape index (κ1) is 19.3. The maximum absolute atomic E-state index is 13.1. The fourth-order valence-electron chi connectivity index (χ4n) is 3.81. The molecule has 1 aliphatic rings. The van der Waals surface area contributed by atoms with Crippen LogP contribution in [0.15, 0.2) is 59.1 Å². The number of aromatic nitrogens is 1. The van der Waals surface area contributed by atoms with E-state index in [0.29, 0.717) is 12.0 Å². The highest BCUT2D eigenvalue weighted by Gasteiger charge is 2.25. The zero-order valence-corrected chi connectivity index (χ0v) is 16.1. The Morgan fingerprint density at radius 2 is 1.86 bits per heavy atom. The molecule has 1 aromatic heterocycles. The fraction of sp³-hybridized carbons (Fsp3) is 0.304. The third-order valence-corrected chi connectivity index (χ3v) is 5.32. The van der Waals surface area contributed by atoms with Crippen LogP contribution in [0.2, 0.25) is 0 Å². The first-order valence-electron chi connectivity index (χ1n) is 9.80. The number of hydrogen-bond donors (Lipinski definition) is 1. The predicted molar refractivity (Wildman–Crippen MR) is 106 cm³/mol. The molecular weight excluding hydrogens is 371 g/mol. The Kier molecular flexibility index (Phi) is 5.71. The summed E-state index contributed by atoms with van der Waals surface area (Å²) in [6.07, 6.45) is 4.46. The van der Waals surface area contributed by atoms with Crippen molar-refractivity contribution in [2.24, 2.45) is 0 Å². The molecule has 0 saturated carbocycles. The second kappa shape index (κ2) is 8.57. The van der Waals surface area contributed by atoms with E-state index in [0.717, 1.165) is 55.3 Å². The number of aromatic carboxylic acids is 1. The van der Waals surface area contributed by atoms with Crippen molar-refractivity contribution in [3.05, 3.63) is 88.9 Å². The zero-order chi connectivity index (χ0) is 20.2. The molecule has 0 radical (unpaired) electrons. The molecule has 1 fully saturated rings. The van der Waals surface area contributed by atoms with Crippen LogP contribution in [0.25, 0.3) is 0 Å². The number of carboxylic acid groups (broad SMARTS) is 1. The number of oxazole rings is 1. The van der Waals surface area contributed by atoms with E-state index in [4.69, 9.17) is 9.52 Å². The van der Waals surface area contributed by atoms with Gasteiger partial charge in [0.2, 0.25) is 0 Å². The van der Waals surface area contributed by atoms with Crippen molar-refractivity contribution in [2.75, 3.05) is 13.1 Å². The number of rotatable bonds is 6. The van der Waals surface area contributed by atoms with Gasteiger partial charge in [-0.05, 0) is 54.8 Å². The Morgan fingerprint density at radius 3 is 2.59 bits per heavy atom. The molecule has 3 aromatic rings. The molecule has 0 spiro atoms. The van der Waals surface area contributed by atoms with E-state index in [9.17, 15) is 9.18 Å². The molecular formula is C23H23FN2O3. The molecule has 0 bridgehead atoms. The summed E-state index contributed by atoms with van der Waals surface area (Å²) < 4.78 is 19.1. The molecule has 0 unspecified atom stereocenters. The van der Waals surface area contributed by atoms with Crippen molar-refractivity contribution < 1.29 is 18.7 Å². The van der Waals surface area contributed by atoms with Crippen molar-refractivity contribution >= 4 is 5.97 Å². The van der Waals surface area contributed by atoms with Crippen LogP contribution in [0.4, 0.5) is 4.39 Å². The summed E-state index contributed by atoms with van der Waals surface area (Å²) in [4.78, 5) is 17.8. The highest BCUT2D eigenvalue weighted by Crippen LogP contribution is 2.28. The molecule has 1 saturated heterocycles. The third kappa shape index (κ3) is 4.90. The predicted octanol–water partition coefficient (Wildman–Crippen LogP) is 4.48. The summed E-state index contributed by atoms with van der Waals surface area (Å²) in [6.45, 7) is 2.64. The Balaban J connectivity index is 1.37. The van der Waals surface area contributed by atoms with E-state index in [2.05, 4.69) is 9.88 Å². The minimum atomic E-state index is -0.907. The lowest BCUT2D eigenvalue weighted by atomic mass is 9.97. The van der Waals surface area contributed by atoms with Crippen LogP contribution in [0.5, 0.6) is 0 Å². The summed E-state index contributed by atoms with van der Waals surface area (Å²) in [7, 11) is 0. The largest absolute Gasteiger partial charge is 0.478 e.